The number of nitrogens with one attached hydrogen (secondary N) is 1. The van der Waals surface area contributed by atoms with Crippen molar-refractivity contribution in [1.29, 1.82) is 0 Å². The zero-order valence-corrected chi connectivity index (χ0v) is 14.4. The molecule has 1 aliphatic heterocycles. The first-order chi connectivity index (χ1) is 13.5. The van der Waals surface area contributed by atoms with Gasteiger partial charge in [0.1, 0.15) is 11.5 Å². The number of fused-ring (bicyclic) bond motifs is 3. The van der Waals surface area contributed by atoms with Crippen LogP contribution in [0.25, 0.3) is 22.6 Å². The predicted octanol–water partition coefficient (Wildman–Crippen LogP) is 5.80. The molecule has 5 rings (SSSR count). The number of benzene rings is 2. The molecule has 0 bridgehead atoms. The average molecular weight is 381 g/mol. The number of anilines is 1. The predicted molar refractivity (Wildman–Crippen MR) is 98.6 cm³/mol. The first-order valence-corrected chi connectivity index (χ1v) is 8.67. The van der Waals surface area contributed by atoms with E-state index in [-0.39, 0.29) is 6.17 Å². The molecule has 0 aliphatic carbocycles. The fourth-order valence-electron chi connectivity index (χ4n) is 3.47. The molecule has 4 nitrogen and oxygen atoms in total. The van der Waals surface area contributed by atoms with Gasteiger partial charge in [0.05, 0.1) is 11.3 Å². The third kappa shape index (κ3) is 2.67. The summed E-state index contributed by atoms with van der Waals surface area (Å²) in [6, 6.07) is 18.3. The van der Waals surface area contributed by atoms with Crippen molar-refractivity contribution in [2.75, 3.05) is 5.32 Å². The van der Waals surface area contributed by atoms with Crippen molar-refractivity contribution in [3.63, 3.8) is 0 Å². The second-order valence-electron chi connectivity index (χ2n) is 6.53. The molecule has 1 atom stereocenters. The fraction of sp³-hybridized carbons (Fsp3) is 0.0952. The highest BCUT2D eigenvalue weighted by molar-refractivity contribution is 5.78. The number of hydrogen-bond acceptors (Lipinski definition) is 3. The van der Waals surface area contributed by atoms with Crippen molar-refractivity contribution in [2.45, 2.75) is 12.3 Å². The maximum Gasteiger partial charge on any atom is 0.416 e. The topological polar surface area (TPSA) is 43.0 Å². The Morgan fingerprint density at radius 3 is 2.68 bits per heavy atom. The van der Waals surface area contributed by atoms with Crippen LogP contribution in [0.1, 0.15) is 17.5 Å². The second-order valence-corrected chi connectivity index (χ2v) is 6.53. The Balaban J connectivity index is 1.53. The number of furan rings is 1. The molecule has 2 aromatic carbocycles. The molecule has 2 aromatic heterocycles. The molecule has 0 fully saturated rings. The largest absolute Gasteiger partial charge is 0.457 e. The summed E-state index contributed by atoms with van der Waals surface area (Å²) >= 11 is 0. The van der Waals surface area contributed by atoms with Crippen molar-refractivity contribution in [1.82, 2.24) is 9.78 Å². The summed E-state index contributed by atoms with van der Waals surface area (Å²) < 4.78 is 46.7. The van der Waals surface area contributed by atoms with Crippen LogP contribution in [-0.2, 0) is 6.18 Å². The van der Waals surface area contributed by atoms with Gasteiger partial charge in [-0.1, -0.05) is 30.3 Å². The van der Waals surface area contributed by atoms with E-state index < -0.39 is 11.7 Å². The van der Waals surface area contributed by atoms with Gasteiger partial charge < -0.3 is 9.73 Å². The Hall–Kier alpha value is -3.48. The zero-order chi connectivity index (χ0) is 19.3. The van der Waals surface area contributed by atoms with Gasteiger partial charge in [-0.2, -0.15) is 18.3 Å². The lowest BCUT2D eigenvalue weighted by Gasteiger charge is -2.27. The van der Waals surface area contributed by atoms with Gasteiger partial charge >= 0.3 is 6.18 Å². The Morgan fingerprint density at radius 2 is 1.82 bits per heavy atom. The van der Waals surface area contributed by atoms with E-state index >= 15 is 0 Å². The van der Waals surface area contributed by atoms with Gasteiger partial charge in [0.2, 0.25) is 0 Å². The monoisotopic (exact) mass is 381 g/mol. The minimum absolute atomic E-state index is 0.371. The van der Waals surface area contributed by atoms with Gasteiger partial charge in [-0.25, -0.2) is 4.68 Å². The van der Waals surface area contributed by atoms with Crippen LogP contribution in [0.3, 0.4) is 0 Å². The molecule has 0 amide bonds. The molecule has 0 spiro atoms. The normalized spacial score (nSPS) is 15.6. The van der Waals surface area contributed by atoms with Crippen LogP contribution in [0.2, 0.25) is 0 Å². The molecule has 1 unspecified atom stereocenters. The summed E-state index contributed by atoms with van der Waals surface area (Å²) in [7, 11) is 0. The Labute approximate surface area is 158 Å². The van der Waals surface area contributed by atoms with Crippen molar-refractivity contribution in [3.05, 3.63) is 84.3 Å². The molecular formula is C21H14F3N3O. The summed E-state index contributed by atoms with van der Waals surface area (Å²) in [5, 5.41) is 7.77. The van der Waals surface area contributed by atoms with Crippen molar-refractivity contribution in [2.24, 2.45) is 0 Å². The van der Waals surface area contributed by atoms with Crippen molar-refractivity contribution < 1.29 is 17.6 Å². The molecule has 140 valence electrons. The molecule has 0 radical (unpaired) electrons. The summed E-state index contributed by atoms with van der Waals surface area (Å²) in [6.45, 7) is 0. The van der Waals surface area contributed by atoms with Crippen LogP contribution < -0.4 is 5.32 Å². The summed E-state index contributed by atoms with van der Waals surface area (Å²) in [4.78, 5) is 0. The first kappa shape index (κ1) is 16.7. The van der Waals surface area contributed by atoms with E-state index in [2.05, 4.69) is 10.4 Å². The highest BCUT2D eigenvalue weighted by Crippen LogP contribution is 2.39. The Kier molecular flexibility index (Phi) is 3.58. The Morgan fingerprint density at radius 1 is 0.964 bits per heavy atom. The quantitative estimate of drug-likeness (QED) is 0.477. The lowest BCUT2D eigenvalue weighted by molar-refractivity contribution is -0.137. The lowest BCUT2D eigenvalue weighted by atomic mass is 10.1. The second kappa shape index (κ2) is 6.02. The van der Waals surface area contributed by atoms with Crippen LogP contribution in [-0.4, -0.2) is 9.78 Å². The van der Waals surface area contributed by atoms with Crippen molar-refractivity contribution >= 4 is 5.69 Å². The zero-order valence-electron chi connectivity index (χ0n) is 14.4. The molecule has 7 heteroatoms. The van der Waals surface area contributed by atoms with E-state index in [0.717, 1.165) is 29.1 Å². The SMILES string of the molecule is FC(F)(F)c1cccc(-c2ccc(C3Nc4ccccc4-c4ccnn43)o2)c1. The molecule has 3 heterocycles. The number of hydrogen-bond donors (Lipinski definition) is 1. The standard InChI is InChI=1S/C21H14F3N3O/c22-21(23,24)14-5-3-4-13(12-14)18-8-9-19(28-18)20-26-16-7-2-1-6-15(16)17-10-11-25-27(17)20/h1-12,20,26H. The minimum Gasteiger partial charge on any atom is -0.457 e. The molecule has 0 saturated heterocycles. The van der Waals surface area contributed by atoms with Crippen LogP contribution >= 0.6 is 0 Å². The first-order valence-electron chi connectivity index (χ1n) is 8.67. The fourth-order valence-corrected chi connectivity index (χ4v) is 3.47. The average Bonchev–Trinajstić information content (AvgIpc) is 3.37. The van der Waals surface area contributed by atoms with Crippen LogP contribution in [0, 0.1) is 0 Å². The third-order valence-electron chi connectivity index (χ3n) is 4.78. The highest BCUT2D eigenvalue weighted by Gasteiger charge is 2.31. The Bertz CT molecular complexity index is 1160. The number of alkyl halides is 3. The van der Waals surface area contributed by atoms with Crippen LogP contribution in [0.5, 0.6) is 0 Å². The highest BCUT2D eigenvalue weighted by atomic mass is 19.4. The maximum atomic E-state index is 13.0. The number of halogens is 3. The van der Waals surface area contributed by atoms with Gasteiger partial charge in [0, 0.05) is 23.0 Å². The maximum absolute atomic E-state index is 13.0. The van der Waals surface area contributed by atoms with Crippen LogP contribution in [0.4, 0.5) is 18.9 Å². The van der Waals surface area contributed by atoms with E-state index in [4.69, 9.17) is 4.42 Å². The van der Waals surface area contributed by atoms with Gasteiger partial charge in [-0.15, -0.1) is 0 Å². The minimum atomic E-state index is -4.40. The number of nitrogens with zero attached hydrogens (tertiary/aromatic N) is 2. The van der Waals surface area contributed by atoms with Gasteiger partial charge in [0.15, 0.2) is 6.17 Å². The van der Waals surface area contributed by atoms with Crippen LogP contribution in [0.15, 0.2) is 77.3 Å². The molecule has 4 aromatic rings. The van der Waals surface area contributed by atoms with E-state index in [1.165, 1.54) is 6.07 Å². The third-order valence-corrected chi connectivity index (χ3v) is 4.78. The summed E-state index contributed by atoms with van der Waals surface area (Å²) in [5.74, 6) is 0.933. The van der Waals surface area contributed by atoms with E-state index in [0.29, 0.717) is 17.1 Å². The van der Waals surface area contributed by atoms with E-state index in [9.17, 15) is 13.2 Å². The summed E-state index contributed by atoms with van der Waals surface area (Å²) in [6.07, 6.45) is -3.08. The molecule has 1 N–H and O–H groups in total. The lowest BCUT2D eigenvalue weighted by Crippen LogP contribution is -2.25. The molecule has 1 aliphatic rings. The molecule has 0 saturated carbocycles. The van der Waals surface area contributed by atoms with Crippen molar-refractivity contribution in [3.8, 4) is 22.6 Å². The van der Waals surface area contributed by atoms with Gasteiger partial charge in [0.25, 0.3) is 0 Å². The molecular weight excluding hydrogens is 367 g/mol. The number of rotatable bonds is 2. The smallest absolute Gasteiger partial charge is 0.416 e. The summed E-state index contributed by atoms with van der Waals surface area (Å²) in [5.41, 5.74) is 2.58. The van der Waals surface area contributed by atoms with Gasteiger partial charge in [-0.05, 0) is 36.4 Å². The molecule has 28 heavy (non-hydrogen) atoms. The number of aromatic nitrogens is 2. The number of para-hydroxylation sites is 1. The van der Waals surface area contributed by atoms with E-state index in [1.54, 1.807) is 29.1 Å². The van der Waals surface area contributed by atoms with Gasteiger partial charge in [-0.3, -0.25) is 0 Å². The van der Waals surface area contributed by atoms with E-state index in [1.807, 2.05) is 30.3 Å².